The summed E-state index contributed by atoms with van der Waals surface area (Å²) in [4.78, 5) is 22.1. The van der Waals surface area contributed by atoms with Crippen LogP contribution in [0.2, 0.25) is 0 Å². The molecule has 21 heavy (non-hydrogen) atoms. The van der Waals surface area contributed by atoms with Crippen LogP contribution in [0.4, 0.5) is 10.1 Å². The van der Waals surface area contributed by atoms with Crippen molar-refractivity contribution in [3.63, 3.8) is 0 Å². The maximum absolute atomic E-state index is 13.2. The van der Waals surface area contributed by atoms with E-state index in [-0.39, 0.29) is 18.1 Å². The minimum atomic E-state index is -0.851. The van der Waals surface area contributed by atoms with Crippen molar-refractivity contribution in [3.8, 4) is 0 Å². The van der Waals surface area contributed by atoms with Gasteiger partial charge in [0.15, 0.2) is 0 Å². The molecule has 0 radical (unpaired) electrons. The summed E-state index contributed by atoms with van der Waals surface area (Å²) in [6.07, 6.45) is 3.89. The van der Waals surface area contributed by atoms with Gasteiger partial charge in [0, 0.05) is 6.07 Å². The van der Waals surface area contributed by atoms with Gasteiger partial charge in [-0.15, -0.1) is 0 Å². The second-order valence-electron chi connectivity index (χ2n) is 4.93. The van der Waals surface area contributed by atoms with Gasteiger partial charge in [-0.05, 0) is 24.5 Å². The summed E-state index contributed by atoms with van der Waals surface area (Å²) >= 11 is 0. The number of unbranched alkanes of at least 4 members (excludes halogenated alkanes) is 1. The van der Waals surface area contributed by atoms with Crippen LogP contribution in [0.1, 0.15) is 49.9 Å². The van der Waals surface area contributed by atoms with E-state index < -0.39 is 22.4 Å². The van der Waals surface area contributed by atoms with Gasteiger partial charge in [0.1, 0.15) is 11.4 Å². The van der Waals surface area contributed by atoms with E-state index in [1.54, 1.807) is 0 Å². The van der Waals surface area contributed by atoms with Crippen LogP contribution in [0, 0.1) is 21.8 Å². The number of nitrogens with zero attached hydrogens (tertiary/aromatic N) is 1. The van der Waals surface area contributed by atoms with E-state index in [9.17, 15) is 19.3 Å². The fourth-order valence-electron chi connectivity index (χ4n) is 2.00. The molecule has 5 nitrogen and oxygen atoms in total. The molecule has 0 aliphatic heterocycles. The van der Waals surface area contributed by atoms with Crippen molar-refractivity contribution in [2.45, 2.75) is 39.5 Å². The molecular weight excluding hydrogens is 277 g/mol. The normalized spacial score (nSPS) is 12.0. The molecule has 116 valence electrons. The molecular formula is C15H20FNO4. The number of benzene rings is 1. The van der Waals surface area contributed by atoms with Crippen LogP contribution in [0.15, 0.2) is 18.2 Å². The maximum atomic E-state index is 13.2. The number of carbonyl (C=O) groups is 1. The highest BCUT2D eigenvalue weighted by molar-refractivity contribution is 5.93. The van der Waals surface area contributed by atoms with E-state index >= 15 is 0 Å². The summed E-state index contributed by atoms with van der Waals surface area (Å²) < 4.78 is 18.3. The third-order valence-electron chi connectivity index (χ3n) is 3.37. The average molecular weight is 297 g/mol. The highest BCUT2D eigenvalue weighted by Crippen LogP contribution is 2.21. The Morgan fingerprint density at radius 3 is 2.71 bits per heavy atom. The fourth-order valence-corrected chi connectivity index (χ4v) is 2.00. The molecule has 0 saturated heterocycles. The smallest absolute Gasteiger partial charge is 0.345 e. The van der Waals surface area contributed by atoms with E-state index in [2.05, 4.69) is 6.92 Å². The van der Waals surface area contributed by atoms with E-state index in [4.69, 9.17) is 4.74 Å². The van der Waals surface area contributed by atoms with E-state index in [0.717, 1.165) is 43.9 Å². The van der Waals surface area contributed by atoms with Crippen molar-refractivity contribution in [2.24, 2.45) is 5.92 Å². The Morgan fingerprint density at radius 1 is 1.43 bits per heavy atom. The van der Waals surface area contributed by atoms with Gasteiger partial charge >= 0.3 is 5.97 Å². The summed E-state index contributed by atoms with van der Waals surface area (Å²) in [5.74, 6) is -1.33. The second-order valence-corrected chi connectivity index (χ2v) is 4.93. The van der Waals surface area contributed by atoms with Crippen LogP contribution in [-0.4, -0.2) is 17.5 Å². The zero-order chi connectivity index (χ0) is 15.8. The van der Waals surface area contributed by atoms with Crippen molar-refractivity contribution in [2.75, 3.05) is 6.61 Å². The fraction of sp³-hybridized carbons (Fsp3) is 0.533. The van der Waals surface area contributed by atoms with Gasteiger partial charge in [0.2, 0.25) is 0 Å². The Kier molecular flexibility index (Phi) is 6.78. The Balaban J connectivity index is 2.75. The maximum Gasteiger partial charge on any atom is 0.345 e. The minimum Gasteiger partial charge on any atom is -0.462 e. The Hall–Kier alpha value is -1.98. The van der Waals surface area contributed by atoms with Crippen LogP contribution in [0.25, 0.3) is 0 Å². The van der Waals surface area contributed by atoms with Crippen LogP contribution >= 0.6 is 0 Å². The monoisotopic (exact) mass is 297 g/mol. The topological polar surface area (TPSA) is 69.4 Å². The first kappa shape index (κ1) is 17.1. The first-order chi connectivity index (χ1) is 9.99. The van der Waals surface area contributed by atoms with Crippen molar-refractivity contribution < 1.29 is 18.8 Å². The van der Waals surface area contributed by atoms with E-state index in [1.165, 1.54) is 0 Å². The van der Waals surface area contributed by atoms with Crippen LogP contribution in [0.3, 0.4) is 0 Å². The zero-order valence-electron chi connectivity index (χ0n) is 12.3. The molecule has 0 saturated carbocycles. The highest BCUT2D eigenvalue weighted by atomic mass is 19.1. The van der Waals surface area contributed by atoms with Crippen LogP contribution < -0.4 is 0 Å². The number of ether oxygens (including phenoxy) is 1. The molecule has 1 rings (SSSR count). The Labute approximate surface area is 123 Å². The second kappa shape index (κ2) is 8.34. The number of nitro benzene ring substituents is 1. The van der Waals surface area contributed by atoms with Gasteiger partial charge in [-0.1, -0.05) is 33.1 Å². The highest BCUT2D eigenvalue weighted by Gasteiger charge is 2.23. The van der Waals surface area contributed by atoms with Crippen molar-refractivity contribution >= 4 is 11.7 Å². The third-order valence-corrected chi connectivity index (χ3v) is 3.37. The SMILES string of the molecule is CCCCC(CC)COC(=O)c1cc(F)ccc1[N+](=O)[O-]. The van der Waals surface area contributed by atoms with Gasteiger partial charge in [0.05, 0.1) is 11.5 Å². The number of nitro groups is 1. The molecule has 1 unspecified atom stereocenters. The number of carbonyl (C=O) groups excluding carboxylic acids is 1. The molecule has 0 aliphatic rings. The largest absolute Gasteiger partial charge is 0.462 e. The standard InChI is InChI=1S/C15H20FNO4/c1-3-5-6-11(4-2)10-21-15(18)13-9-12(16)7-8-14(13)17(19)20/h7-9,11H,3-6,10H2,1-2H3. The molecule has 0 heterocycles. The van der Waals surface area contributed by atoms with Gasteiger partial charge in [0.25, 0.3) is 5.69 Å². The lowest BCUT2D eigenvalue weighted by molar-refractivity contribution is -0.385. The van der Waals surface area contributed by atoms with Crippen LogP contribution in [-0.2, 0) is 4.74 Å². The van der Waals surface area contributed by atoms with E-state index in [1.807, 2.05) is 6.92 Å². The summed E-state index contributed by atoms with van der Waals surface area (Å²) in [5.41, 5.74) is -0.784. The lowest BCUT2D eigenvalue weighted by Crippen LogP contribution is -2.15. The quantitative estimate of drug-likeness (QED) is 0.411. The summed E-state index contributed by atoms with van der Waals surface area (Å²) in [5, 5.41) is 10.8. The number of esters is 1. The van der Waals surface area contributed by atoms with Crippen LogP contribution in [0.5, 0.6) is 0 Å². The Bertz CT molecular complexity index is 504. The third kappa shape index (κ3) is 5.13. The molecule has 0 N–H and O–H groups in total. The van der Waals surface area contributed by atoms with Gasteiger partial charge in [-0.3, -0.25) is 10.1 Å². The summed E-state index contributed by atoms with van der Waals surface area (Å²) in [6, 6.07) is 2.76. The molecule has 0 amide bonds. The lowest BCUT2D eigenvalue weighted by Gasteiger charge is -2.14. The first-order valence-corrected chi connectivity index (χ1v) is 7.10. The van der Waals surface area contributed by atoms with Gasteiger partial charge in [-0.2, -0.15) is 0 Å². The van der Waals surface area contributed by atoms with Gasteiger partial charge in [-0.25, -0.2) is 9.18 Å². The minimum absolute atomic E-state index is 0.197. The number of halogens is 1. The predicted molar refractivity (Wildman–Crippen MR) is 76.6 cm³/mol. The van der Waals surface area contributed by atoms with E-state index in [0.29, 0.717) is 0 Å². The summed E-state index contributed by atoms with van der Waals surface area (Å²) in [6.45, 7) is 4.27. The summed E-state index contributed by atoms with van der Waals surface area (Å²) in [7, 11) is 0. The molecule has 6 heteroatoms. The molecule has 0 aromatic heterocycles. The van der Waals surface area contributed by atoms with Gasteiger partial charge < -0.3 is 4.74 Å². The van der Waals surface area contributed by atoms with Crippen molar-refractivity contribution in [3.05, 3.63) is 39.7 Å². The molecule has 0 spiro atoms. The lowest BCUT2D eigenvalue weighted by atomic mass is 10.0. The molecule has 0 bridgehead atoms. The predicted octanol–water partition coefficient (Wildman–Crippen LogP) is 4.11. The van der Waals surface area contributed by atoms with Crippen molar-refractivity contribution in [1.29, 1.82) is 0 Å². The molecule has 1 aromatic rings. The number of rotatable bonds is 8. The first-order valence-electron chi connectivity index (χ1n) is 7.10. The average Bonchev–Trinajstić information content (AvgIpc) is 2.46. The Morgan fingerprint density at radius 2 is 2.14 bits per heavy atom. The van der Waals surface area contributed by atoms with Crippen molar-refractivity contribution in [1.82, 2.24) is 0 Å². The molecule has 0 fully saturated rings. The number of hydrogen-bond donors (Lipinski definition) is 0. The zero-order valence-corrected chi connectivity index (χ0v) is 12.3. The molecule has 1 atom stereocenters. The molecule has 1 aromatic carbocycles. The number of hydrogen-bond acceptors (Lipinski definition) is 4. The molecule has 0 aliphatic carbocycles.